The number of alkyl halides is 3. The van der Waals surface area contributed by atoms with Crippen LogP contribution in [0.15, 0.2) is 42.5 Å². The van der Waals surface area contributed by atoms with Crippen LogP contribution in [0.25, 0.3) is 10.8 Å². The first kappa shape index (κ1) is 29.4. The standard InChI is InChI=1S/C30H32F6O3/c1-2-3-4-13-37-23-17-38-27(39-18-23)12-7-19-6-11-24-22(14-19)10-9-21(29(24)33)8-5-20-15-25(31)28(26(32)16-20)30(34,35)36/h6,9-11,14-16,23,27H,2-5,7-8,12-13,17-18H2,1H3. The third kappa shape index (κ3) is 7.74. The van der Waals surface area contributed by atoms with Crippen molar-refractivity contribution in [3.05, 3.63) is 82.2 Å². The van der Waals surface area contributed by atoms with Crippen LogP contribution in [-0.2, 0) is 39.6 Å². The van der Waals surface area contributed by atoms with Gasteiger partial charge in [0.2, 0.25) is 0 Å². The van der Waals surface area contributed by atoms with Gasteiger partial charge in [-0.05, 0) is 59.9 Å². The van der Waals surface area contributed by atoms with Gasteiger partial charge in [-0.2, -0.15) is 13.2 Å². The Bertz CT molecular complexity index is 1230. The minimum atomic E-state index is -5.13. The van der Waals surface area contributed by atoms with Crippen LogP contribution in [-0.4, -0.2) is 32.2 Å². The average molecular weight is 555 g/mol. The Morgan fingerprint density at radius 3 is 2.23 bits per heavy atom. The Morgan fingerprint density at radius 2 is 1.56 bits per heavy atom. The minimum Gasteiger partial charge on any atom is -0.373 e. The van der Waals surface area contributed by atoms with Crippen LogP contribution >= 0.6 is 0 Å². The van der Waals surface area contributed by atoms with E-state index in [4.69, 9.17) is 14.2 Å². The minimum absolute atomic E-state index is 0.0154. The van der Waals surface area contributed by atoms with E-state index in [0.29, 0.717) is 61.1 Å². The lowest BCUT2D eigenvalue weighted by Crippen LogP contribution is -2.37. The highest BCUT2D eigenvalue weighted by Crippen LogP contribution is 2.34. The van der Waals surface area contributed by atoms with E-state index in [-0.39, 0.29) is 30.8 Å². The second-order valence-corrected chi connectivity index (χ2v) is 9.86. The Balaban J connectivity index is 1.32. The molecule has 0 aliphatic carbocycles. The second kappa shape index (κ2) is 13.2. The lowest BCUT2D eigenvalue weighted by atomic mass is 9.97. The van der Waals surface area contributed by atoms with E-state index in [9.17, 15) is 22.0 Å². The summed E-state index contributed by atoms with van der Waals surface area (Å²) in [5.41, 5.74) is -0.590. The molecule has 0 bridgehead atoms. The number of hydrogen-bond donors (Lipinski definition) is 0. The van der Waals surface area contributed by atoms with E-state index in [1.54, 1.807) is 18.2 Å². The fourth-order valence-corrected chi connectivity index (χ4v) is 4.73. The van der Waals surface area contributed by atoms with Gasteiger partial charge in [0.15, 0.2) is 6.29 Å². The van der Waals surface area contributed by atoms with Crippen molar-refractivity contribution in [1.82, 2.24) is 0 Å². The van der Waals surface area contributed by atoms with Gasteiger partial charge in [-0.1, -0.05) is 50.1 Å². The summed E-state index contributed by atoms with van der Waals surface area (Å²) in [7, 11) is 0. The number of halogens is 6. The number of ether oxygens (including phenoxy) is 3. The van der Waals surface area contributed by atoms with Gasteiger partial charge in [-0.25, -0.2) is 13.2 Å². The maximum atomic E-state index is 15.2. The third-order valence-corrected chi connectivity index (χ3v) is 6.87. The fourth-order valence-electron chi connectivity index (χ4n) is 4.73. The topological polar surface area (TPSA) is 27.7 Å². The van der Waals surface area contributed by atoms with Crippen LogP contribution in [0.4, 0.5) is 26.3 Å². The Morgan fingerprint density at radius 1 is 0.846 bits per heavy atom. The molecule has 0 amide bonds. The van der Waals surface area contributed by atoms with Crippen LogP contribution in [0.2, 0.25) is 0 Å². The van der Waals surface area contributed by atoms with Crippen molar-refractivity contribution in [2.45, 2.75) is 70.4 Å². The second-order valence-electron chi connectivity index (χ2n) is 9.86. The lowest BCUT2D eigenvalue weighted by molar-refractivity contribution is -0.227. The van der Waals surface area contributed by atoms with Crippen LogP contribution in [0.3, 0.4) is 0 Å². The largest absolute Gasteiger partial charge is 0.422 e. The molecule has 1 saturated heterocycles. The van der Waals surface area contributed by atoms with Crippen LogP contribution < -0.4 is 0 Å². The molecule has 3 nitrogen and oxygen atoms in total. The molecule has 0 aromatic heterocycles. The van der Waals surface area contributed by atoms with E-state index >= 15 is 4.39 Å². The van der Waals surface area contributed by atoms with Gasteiger partial charge in [0.05, 0.1) is 13.2 Å². The number of fused-ring (bicyclic) bond motifs is 1. The molecule has 1 fully saturated rings. The number of aryl methyl sites for hydroxylation is 3. The summed E-state index contributed by atoms with van der Waals surface area (Å²) in [5.74, 6) is -3.82. The molecule has 212 valence electrons. The van der Waals surface area contributed by atoms with Gasteiger partial charge in [0, 0.05) is 18.4 Å². The maximum absolute atomic E-state index is 15.2. The molecule has 0 unspecified atom stereocenters. The molecule has 3 aromatic rings. The summed E-state index contributed by atoms with van der Waals surface area (Å²) < 4.78 is 98.6. The number of unbranched alkanes of at least 4 members (excludes halogenated alkanes) is 2. The summed E-state index contributed by atoms with van der Waals surface area (Å²) in [6.45, 7) is 3.84. The SMILES string of the molecule is CCCCCOC1COC(CCc2ccc3c(F)c(CCc4cc(F)c(C(F)(F)F)c(F)c4)ccc3c2)OC1. The lowest BCUT2D eigenvalue weighted by Gasteiger charge is -2.29. The summed E-state index contributed by atoms with van der Waals surface area (Å²) in [6.07, 6.45) is -0.805. The van der Waals surface area contributed by atoms with Gasteiger partial charge in [-0.15, -0.1) is 0 Å². The van der Waals surface area contributed by atoms with Crippen LogP contribution in [0.1, 0.15) is 54.9 Å². The predicted molar refractivity (Wildman–Crippen MR) is 136 cm³/mol. The summed E-state index contributed by atoms with van der Waals surface area (Å²) in [5, 5.41) is 1.10. The smallest absolute Gasteiger partial charge is 0.373 e. The quantitative estimate of drug-likeness (QED) is 0.178. The number of hydrogen-bond acceptors (Lipinski definition) is 3. The summed E-state index contributed by atoms with van der Waals surface area (Å²) >= 11 is 0. The molecule has 4 rings (SSSR count). The average Bonchev–Trinajstić information content (AvgIpc) is 2.89. The zero-order valence-electron chi connectivity index (χ0n) is 21.8. The third-order valence-electron chi connectivity index (χ3n) is 6.87. The summed E-state index contributed by atoms with van der Waals surface area (Å²) in [4.78, 5) is 0. The predicted octanol–water partition coefficient (Wildman–Crippen LogP) is 7.94. The highest BCUT2D eigenvalue weighted by molar-refractivity contribution is 5.84. The summed E-state index contributed by atoms with van der Waals surface area (Å²) in [6, 6.07) is 10.1. The monoisotopic (exact) mass is 554 g/mol. The van der Waals surface area contributed by atoms with Crippen molar-refractivity contribution in [1.29, 1.82) is 0 Å². The first-order valence-corrected chi connectivity index (χ1v) is 13.3. The molecule has 1 aliphatic heterocycles. The Hall–Kier alpha value is -2.62. The van der Waals surface area contributed by atoms with E-state index in [1.165, 1.54) is 0 Å². The molecule has 0 N–H and O–H groups in total. The molecule has 0 atom stereocenters. The van der Waals surface area contributed by atoms with Gasteiger partial charge < -0.3 is 14.2 Å². The van der Waals surface area contributed by atoms with Crippen molar-refractivity contribution in [3.8, 4) is 0 Å². The fraction of sp³-hybridized carbons (Fsp3) is 0.467. The van der Waals surface area contributed by atoms with Crippen molar-refractivity contribution >= 4 is 10.8 Å². The normalized spacial score (nSPS) is 18.1. The van der Waals surface area contributed by atoms with Crippen molar-refractivity contribution in [2.75, 3.05) is 19.8 Å². The number of rotatable bonds is 11. The zero-order chi connectivity index (χ0) is 28.0. The molecular weight excluding hydrogens is 522 g/mol. The van der Waals surface area contributed by atoms with E-state index in [1.807, 2.05) is 12.1 Å². The highest BCUT2D eigenvalue weighted by atomic mass is 19.4. The van der Waals surface area contributed by atoms with Gasteiger partial charge in [0.25, 0.3) is 0 Å². The Labute approximate surface area is 224 Å². The van der Waals surface area contributed by atoms with Gasteiger partial charge in [-0.3, -0.25) is 0 Å². The van der Waals surface area contributed by atoms with Crippen LogP contribution in [0, 0.1) is 17.5 Å². The molecule has 0 spiro atoms. The van der Waals surface area contributed by atoms with Crippen molar-refractivity contribution in [3.63, 3.8) is 0 Å². The van der Waals surface area contributed by atoms with Crippen molar-refractivity contribution < 1.29 is 40.6 Å². The molecule has 39 heavy (non-hydrogen) atoms. The molecule has 1 heterocycles. The first-order chi connectivity index (χ1) is 18.7. The molecule has 1 aliphatic rings. The first-order valence-electron chi connectivity index (χ1n) is 13.3. The molecule has 0 radical (unpaired) electrons. The van der Waals surface area contributed by atoms with Crippen molar-refractivity contribution in [2.24, 2.45) is 0 Å². The molecular formula is C30H32F6O3. The van der Waals surface area contributed by atoms with E-state index < -0.39 is 29.2 Å². The molecule has 9 heteroatoms. The Kier molecular flexibility index (Phi) is 9.91. The van der Waals surface area contributed by atoms with Crippen LogP contribution in [0.5, 0.6) is 0 Å². The number of benzene rings is 3. The van der Waals surface area contributed by atoms with E-state index in [0.717, 1.165) is 24.8 Å². The van der Waals surface area contributed by atoms with E-state index in [2.05, 4.69) is 6.92 Å². The molecule has 3 aromatic carbocycles. The zero-order valence-corrected chi connectivity index (χ0v) is 21.8. The maximum Gasteiger partial charge on any atom is 0.422 e. The highest BCUT2D eigenvalue weighted by Gasteiger charge is 2.37. The van der Waals surface area contributed by atoms with Gasteiger partial charge in [0.1, 0.15) is 29.1 Å². The van der Waals surface area contributed by atoms with Gasteiger partial charge >= 0.3 is 6.18 Å². The molecule has 0 saturated carbocycles.